The molecule has 0 unspecified atom stereocenters. The Balaban J connectivity index is 1.26. The Labute approximate surface area is 172 Å². The van der Waals surface area contributed by atoms with E-state index in [1.165, 1.54) is 11.3 Å². The molecule has 9 heteroatoms. The zero-order chi connectivity index (χ0) is 20.2. The molecule has 2 amide bonds. The van der Waals surface area contributed by atoms with Crippen LogP contribution in [-0.4, -0.2) is 67.0 Å². The number of thiophene rings is 1. The van der Waals surface area contributed by atoms with Crippen molar-refractivity contribution in [2.24, 2.45) is 0 Å². The molecule has 0 aliphatic carbocycles. The lowest BCUT2D eigenvalue weighted by atomic mass is 10.2. The number of nitrogens with one attached hydrogen (secondary N) is 1. The molecule has 1 N–H and O–H groups in total. The van der Waals surface area contributed by atoms with Crippen molar-refractivity contribution in [3.8, 4) is 17.6 Å². The van der Waals surface area contributed by atoms with Gasteiger partial charge in [-0.1, -0.05) is 12.1 Å². The highest BCUT2D eigenvalue weighted by molar-refractivity contribution is 7.14. The number of fused-ring (bicyclic) bond motifs is 1. The van der Waals surface area contributed by atoms with Crippen LogP contribution in [0.3, 0.4) is 0 Å². The minimum atomic E-state index is -0.650. The van der Waals surface area contributed by atoms with Crippen molar-refractivity contribution in [2.75, 3.05) is 44.6 Å². The van der Waals surface area contributed by atoms with E-state index in [0.29, 0.717) is 48.2 Å². The molecule has 1 atom stereocenters. The molecule has 150 valence electrons. The SMILES string of the molecule is N#Cc1ccsc1NC(=O)CN1CCN(C(=O)[C@H]2COc3ccccc3O2)CC1. The van der Waals surface area contributed by atoms with Crippen LogP contribution >= 0.6 is 11.3 Å². The first-order chi connectivity index (χ1) is 14.1. The van der Waals surface area contributed by atoms with Crippen LogP contribution in [0.2, 0.25) is 0 Å². The van der Waals surface area contributed by atoms with Gasteiger partial charge < -0.3 is 19.7 Å². The summed E-state index contributed by atoms with van der Waals surface area (Å²) in [6.45, 7) is 2.66. The third kappa shape index (κ3) is 4.34. The quantitative estimate of drug-likeness (QED) is 0.819. The summed E-state index contributed by atoms with van der Waals surface area (Å²) in [7, 11) is 0. The Kier molecular flexibility index (Phi) is 5.64. The Morgan fingerprint density at radius 1 is 1.17 bits per heavy atom. The smallest absolute Gasteiger partial charge is 0.267 e. The van der Waals surface area contributed by atoms with Gasteiger partial charge in [-0.2, -0.15) is 5.26 Å². The molecule has 1 saturated heterocycles. The fourth-order valence-corrected chi connectivity index (χ4v) is 4.09. The summed E-state index contributed by atoms with van der Waals surface area (Å²) in [5, 5.41) is 14.1. The van der Waals surface area contributed by atoms with Gasteiger partial charge in [-0.25, -0.2) is 0 Å². The Bertz CT molecular complexity index is 946. The van der Waals surface area contributed by atoms with Gasteiger partial charge in [0.2, 0.25) is 12.0 Å². The van der Waals surface area contributed by atoms with Crippen molar-refractivity contribution >= 4 is 28.2 Å². The number of hydrogen-bond donors (Lipinski definition) is 1. The lowest BCUT2D eigenvalue weighted by molar-refractivity contribution is -0.143. The molecule has 0 bridgehead atoms. The monoisotopic (exact) mass is 412 g/mol. The first kappa shape index (κ1) is 19.2. The number of benzene rings is 1. The third-order valence-corrected chi connectivity index (χ3v) is 5.70. The largest absolute Gasteiger partial charge is 0.485 e. The number of nitrogens with zero attached hydrogens (tertiary/aromatic N) is 3. The highest BCUT2D eigenvalue weighted by Crippen LogP contribution is 2.31. The lowest BCUT2D eigenvalue weighted by Crippen LogP contribution is -2.54. The van der Waals surface area contributed by atoms with Crippen molar-refractivity contribution in [1.29, 1.82) is 5.26 Å². The number of nitriles is 1. The maximum atomic E-state index is 12.8. The average Bonchev–Trinajstić information content (AvgIpc) is 3.20. The van der Waals surface area contributed by atoms with Gasteiger partial charge in [0.1, 0.15) is 17.7 Å². The van der Waals surface area contributed by atoms with Gasteiger partial charge in [-0.3, -0.25) is 14.5 Å². The molecule has 1 aromatic carbocycles. The summed E-state index contributed by atoms with van der Waals surface area (Å²) in [5.74, 6) is 0.973. The molecule has 2 aliphatic heterocycles. The molecule has 2 aromatic rings. The predicted molar refractivity (Wildman–Crippen MR) is 107 cm³/mol. The number of ether oxygens (including phenoxy) is 2. The van der Waals surface area contributed by atoms with E-state index in [9.17, 15) is 9.59 Å². The topological polar surface area (TPSA) is 94.9 Å². The van der Waals surface area contributed by atoms with Crippen LogP contribution in [0.15, 0.2) is 35.7 Å². The van der Waals surface area contributed by atoms with Crippen molar-refractivity contribution < 1.29 is 19.1 Å². The van der Waals surface area contributed by atoms with Crippen LogP contribution in [0.4, 0.5) is 5.00 Å². The predicted octanol–water partition coefficient (Wildman–Crippen LogP) is 1.54. The van der Waals surface area contributed by atoms with Gasteiger partial charge in [0.15, 0.2) is 11.5 Å². The summed E-state index contributed by atoms with van der Waals surface area (Å²) in [6, 6.07) is 11.0. The number of amides is 2. The summed E-state index contributed by atoms with van der Waals surface area (Å²) < 4.78 is 11.4. The van der Waals surface area contributed by atoms with Crippen molar-refractivity contribution in [3.63, 3.8) is 0 Å². The second kappa shape index (κ2) is 8.51. The second-order valence-electron chi connectivity index (χ2n) is 6.79. The van der Waals surface area contributed by atoms with Crippen LogP contribution in [0.25, 0.3) is 0 Å². The first-order valence-corrected chi connectivity index (χ1v) is 10.2. The van der Waals surface area contributed by atoms with E-state index >= 15 is 0 Å². The summed E-state index contributed by atoms with van der Waals surface area (Å²) in [5.41, 5.74) is 0.468. The molecular weight excluding hydrogens is 392 g/mol. The minimum absolute atomic E-state index is 0.0964. The third-order valence-electron chi connectivity index (χ3n) is 4.87. The number of carbonyl (C=O) groups excluding carboxylic acids is 2. The van der Waals surface area contributed by atoms with Crippen LogP contribution < -0.4 is 14.8 Å². The van der Waals surface area contributed by atoms with Gasteiger partial charge in [-0.15, -0.1) is 11.3 Å². The van der Waals surface area contributed by atoms with E-state index in [2.05, 4.69) is 11.4 Å². The van der Waals surface area contributed by atoms with E-state index in [0.717, 1.165) is 0 Å². The van der Waals surface area contributed by atoms with E-state index in [4.69, 9.17) is 14.7 Å². The average molecular weight is 412 g/mol. The fourth-order valence-electron chi connectivity index (χ4n) is 3.33. The van der Waals surface area contributed by atoms with Crippen LogP contribution in [0, 0.1) is 11.3 Å². The number of hydrogen-bond acceptors (Lipinski definition) is 7. The standard InChI is InChI=1S/C20H20N4O4S/c21-11-14-5-10-29-19(14)22-18(25)12-23-6-8-24(9-7-23)20(26)17-13-27-15-3-1-2-4-16(15)28-17/h1-5,10,17H,6-9,12-13H2,(H,22,25)/t17-/m1/s1. The number of anilines is 1. The van der Waals surface area contributed by atoms with Gasteiger partial charge in [0, 0.05) is 26.2 Å². The molecule has 8 nitrogen and oxygen atoms in total. The molecule has 0 radical (unpaired) electrons. The van der Waals surface area contributed by atoms with E-state index in [1.807, 2.05) is 23.1 Å². The maximum Gasteiger partial charge on any atom is 0.267 e. The van der Waals surface area contributed by atoms with Crippen LogP contribution in [0.1, 0.15) is 5.56 Å². The van der Waals surface area contributed by atoms with Gasteiger partial charge >= 0.3 is 0 Å². The molecule has 29 heavy (non-hydrogen) atoms. The molecule has 4 rings (SSSR count). The molecule has 3 heterocycles. The first-order valence-electron chi connectivity index (χ1n) is 9.31. The highest BCUT2D eigenvalue weighted by atomic mass is 32.1. The number of carbonyl (C=O) groups is 2. The Morgan fingerprint density at radius 3 is 2.69 bits per heavy atom. The molecular formula is C20H20N4O4S. The van der Waals surface area contributed by atoms with Crippen LogP contribution in [-0.2, 0) is 9.59 Å². The zero-order valence-electron chi connectivity index (χ0n) is 15.7. The van der Waals surface area contributed by atoms with E-state index < -0.39 is 6.10 Å². The molecule has 1 fully saturated rings. The summed E-state index contributed by atoms with van der Waals surface area (Å²) in [6.07, 6.45) is -0.650. The lowest BCUT2D eigenvalue weighted by Gasteiger charge is -2.36. The zero-order valence-corrected chi connectivity index (χ0v) is 16.5. The maximum absolute atomic E-state index is 12.8. The molecule has 0 spiro atoms. The molecule has 0 saturated carbocycles. The fraction of sp³-hybridized carbons (Fsp3) is 0.350. The summed E-state index contributed by atoms with van der Waals surface area (Å²) in [4.78, 5) is 28.8. The number of piperazine rings is 1. The minimum Gasteiger partial charge on any atom is -0.485 e. The number of rotatable bonds is 4. The molecule has 1 aromatic heterocycles. The second-order valence-corrected chi connectivity index (χ2v) is 7.71. The normalized spacial score (nSPS) is 18.7. The summed E-state index contributed by atoms with van der Waals surface area (Å²) >= 11 is 1.33. The molecule has 2 aliphatic rings. The van der Waals surface area contributed by atoms with E-state index in [-0.39, 0.29) is 25.0 Å². The number of para-hydroxylation sites is 2. The van der Waals surface area contributed by atoms with Crippen LogP contribution in [0.5, 0.6) is 11.5 Å². The Morgan fingerprint density at radius 2 is 1.93 bits per heavy atom. The van der Waals surface area contributed by atoms with E-state index in [1.54, 1.807) is 22.4 Å². The van der Waals surface area contributed by atoms with Crippen molar-refractivity contribution in [1.82, 2.24) is 9.80 Å². The Hall–Kier alpha value is -3.09. The van der Waals surface area contributed by atoms with Crippen molar-refractivity contribution in [3.05, 3.63) is 41.3 Å². The van der Waals surface area contributed by atoms with Crippen molar-refractivity contribution in [2.45, 2.75) is 6.10 Å². The highest BCUT2D eigenvalue weighted by Gasteiger charge is 2.32. The van der Waals surface area contributed by atoms with Gasteiger partial charge in [0.05, 0.1) is 12.1 Å². The van der Waals surface area contributed by atoms with Gasteiger partial charge in [0.25, 0.3) is 5.91 Å². The van der Waals surface area contributed by atoms with Gasteiger partial charge in [-0.05, 0) is 23.6 Å².